The van der Waals surface area contributed by atoms with Crippen LogP contribution in [0.2, 0.25) is 0 Å². The van der Waals surface area contributed by atoms with Crippen molar-refractivity contribution in [3.63, 3.8) is 0 Å². The number of benzene rings is 1. The Bertz CT molecular complexity index is 444. The molecule has 4 heteroatoms. The number of nitrogens with zero attached hydrogens (tertiary/aromatic N) is 1. The van der Waals surface area contributed by atoms with Crippen LogP contribution in [0.1, 0.15) is 25.3 Å². The molecule has 1 fully saturated rings. The van der Waals surface area contributed by atoms with Crippen LogP contribution in [0.3, 0.4) is 0 Å². The number of hydrogen-bond donors (Lipinski definition) is 1. The lowest BCUT2D eigenvalue weighted by Gasteiger charge is -2.25. The summed E-state index contributed by atoms with van der Waals surface area (Å²) >= 11 is 0. The first-order chi connectivity index (χ1) is 8.63. The molecule has 1 aliphatic rings. The SMILES string of the molecule is CC[C@@H]1[C@@H](C(=O)O)CC(=O)N1Cc1ccccc1. The standard InChI is InChI=1S/C14H17NO3/c1-2-12-11(14(17)18)8-13(16)15(12)9-10-6-4-3-5-7-10/h3-7,11-12H,2,8-9H2,1H3,(H,17,18)/t11-,12+/m0/s1. The van der Waals surface area contributed by atoms with Gasteiger partial charge in [0.1, 0.15) is 0 Å². The molecule has 0 unspecified atom stereocenters. The van der Waals surface area contributed by atoms with Crippen molar-refractivity contribution in [2.24, 2.45) is 5.92 Å². The normalized spacial score (nSPS) is 23.4. The quantitative estimate of drug-likeness (QED) is 0.884. The molecule has 96 valence electrons. The van der Waals surface area contributed by atoms with E-state index in [0.717, 1.165) is 5.56 Å². The Morgan fingerprint density at radius 1 is 1.39 bits per heavy atom. The second-order valence-electron chi connectivity index (χ2n) is 4.63. The zero-order chi connectivity index (χ0) is 13.1. The lowest BCUT2D eigenvalue weighted by molar-refractivity contribution is -0.142. The Morgan fingerprint density at radius 2 is 2.06 bits per heavy atom. The Hall–Kier alpha value is -1.84. The number of amides is 1. The van der Waals surface area contributed by atoms with Crippen LogP contribution in [0.5, 0.6) is 0 Å². The van der Waals surface area contributed by atoms with Gasteiger partial charge in [-0.05, 0) is 12.0 Å². The van der Waals surface area contributed by atoms with Crippen LogP contribution in [0, 0.1) is 5.92 Å². The van der Waals surface area contributed by atoms with Crippen LogP contribution in [-0.4, -0.2) is 27.9 Å². The van der Waals surface area contributed by atoms with Gasteiger partial charge in [-0.15, -0.1) is 0 Å². The van der Waals surface area contributed by atoms with Gasteiger partial charge in [-0.25, -0.2) is 0 Å². The van der Waals surface area contributed by atoms with E-state index in [9.17, 15) is 9.59 Å². The summed E-state index contributed by atoms with van der Waals surface area (Å²) in [5, 5.41) is 9.14. The Morgan fingerprint density at radius 3 is 2.61 bits per heavy atom. The van der Waals surface area contributed by atoms with E-state index in [1.807, 2.05) is 37.3 Å². The Kier molecular flexibility index (Phi) is 3.65. The van der Waals surface area contributed by atoms with Gasteiger partial charge in [0.05, 0.1) is 5.92 Å². The Balaban J connectivity index is 2.16. The van der Waals surface area contributed by atoms with E-state index in [2.05, 4.69) is 0 Å². The highest BCUT2D eigenvalue weighted by Crippen LogP contribution is 2.29. The van der Waals surface area contributed by atoms with Crippen molar-refractivity contribution in [2.45, 2.75) is 32.4 Å². The van der Waals surface area contributed by atoms with Crippen LogP contribution >= 0.6 is 0 Å². The largest absolute Gasteiger partial charge is 0.481 e. The van der Waals surface area contributed by atoms with Crippen molar-refractivity contribution < 1.29 is 14.7 Å². The smallest absolute Gasteiger partial charge is 0.309 e. The zero-order valence-electron chi connectivity index (χ0n) is 10.4. The van der Waals surface area contributed by atoms with Gasteiger partial charge in [0.25, 0.3) is 0 Å². The van der Waals surface area contributed by atoms with Crippen molar-refractivity contribution in [1.29, 1.82) is 0 Å². The third kappa shape index (κ3) is 2.37. The lowest BCUT2D eigenvalue weighted by Crippen LogP contribution is -2.36. The molecule has 1 amide bonds. The fraction of sp³-hybridized carbons (Fsp3) is 0.429. The zero-order valence-corrected chi connectivity index (χ0v) is 10.4. The molecular weight excluding hydrogens is 230 g/mol. The van der Waals surface area contributed by atoms with Crippen molar-refractivity contribution in [3.8, 4) is 0 Å². The minimum absolute atomic E-state index is 0.0573. The summed E-state index contributed by atoms with van der Waals surface area (Å²) in [6.07, 6.45) is 0.802. The third-order valence-electron chi connectivity index (χ3n) is 3.51. The summed E-state index contributed by atoms with van der Waals surface area (Å²) in [7, 11) is 0. The van der Waals surface area contributed by atoms with E-state index < -0.39 is 11.9 Å². The van der Waals surface area contributed by atoms with E-state index in [4.69, 9.17) is 5.11 Å². The van der Waals surface area contributed by atoms with E-state index >= 15 is 0 Å². The van der Waals surface area contributed by atoms with Gasteiger partial charge in [0.2, 0.25) is 5.91 Å². The molecule has 0 aliphatic carbocycles. The molecule has 0 radical (unpaired) electrons. The average Bonchev–Trinajstić information content (AvgIpc) is 2.68. The highest BCUT2D eigenvalue weighted by Gasteiger charge is 2.42. The number of aliphatic carboxylic acids is 1. The molecule has 1 N–H and O–H groups in total. The minimum atomic E-state index is -0.870. The summed E-state index contributed by atoms with van der Waals surface area (Å²) < 4.78 is 0. The predicted molar refractivity (Wildman–Crippen MR) is 66.8 cm³/mol. The van der Waals surface area contributed by atoms with Crippen molar-refractivity contribution >= 4 is 11.9 Å². The third-order valence-corrected chi connectivity index (χ3v) is 3.51. The van der Waals surface area contributed by atoms with Crippen molar-refractivity contribution in [3.05, 3.63) is 35.9 Å². The molecule has 0 spiro atoms. The summed E-state index contributed by atoms with van der Waals surface area (Å²) in [6, 6.07) is 9.49. The summed E-state index contributed by atoms with van der Waals surface area (Å²) in [5.41, 5.74) is 1.04. The van der Waals surface area contributed by atoms with Crippen LogP contribution in [-0.2, 0) is 16.1 Å². The molecule has 4 nitrogen and oxygen atoms in total. The average molecular weight is 247 g/mol. The van der Waals surface area contributed by atoms with Gasteiger partial charge in [-0.2, -0.15) is 0 Å². The molecule has 0 aromatic heterocycles. The fourth-order valence-corrected chi connectivity index (χ4v) is 2.59. The van der Waals surface area contributed by atoms with E-state index in [0.29, 0.717) is 13.0 Å². The first-order valence-electron chi connectivity index (χ1n) is 6.19. The molecule has 0 bridgehead atoms. The van der Waals surface area contributed by atoms with Crippen molar-refractivity contribution in [2.75, 3.05) is 0 Å². The number of hydrogen-bond acceptors (Lipinski definition) is 2. The number of carbonyl (C=O) groups is 2. The lowest BCUT2D eigenvalue weighted by atomic mass is 9.98. The topological polar surface area (TPSA) is 57.6 Å². The summed E-state index contributed by atoms with van der Waals surface area (Å²) in [6.45, 7) is 2.43. The minimum Gasteiger partial charge on any atom is -0.481 e. The number of carboxylic acids is 1. The number of carbonyl (C=O) groups excluding carboxylic acids is 1. The van der Waals surface area contributed by atoms with E-state index in [-0.39, 0.29) is 18.4 Å². The number of carboxylic acid groups (broad SMARTS) is 1. The maximum absolute atomic E-state index is 11.9. The number of rotatable bonds is 4. The first kappa shape index (κ1) is 12.6. The summed E-state index contributed by atoms with van der Waals surface area (Å²) in [4.78, 5) is 24.8. The number of likely N-dealkylation sites (tertiary alicyclic amines) is 1. The van der Waals surface area contributed by atoms with Gasteiger partial charge < -0.3 is 10.0 Å². The Labute approximate surface area is 106 Å². The van der Waals surface area contributed by atoms with Gasteiger partial charge in [-0.3, -0.25) is 9.59 Å². The molecule has 1 saturated heterocycles. The van der Waals surface area contributed by atoms with Gasteiger partial charge in [-0.1, -0.05) is 37.3 Å². The van der Waals surface area contributed by atoms with Gasteiger partial charge in [0.15, 0.2) is 0 Å². The first-order valence-corrected chi connectivity index (χ1v) is 6.19. The highest BCUT2D eigenvalue weighted by molar-refractivity contribution is 5.87. The highest BCUT2D eigenvalue weighted by atomic mass is 16.4. The van der Waals surface area contributed by atoms with Crippen LogP contribution in [0.4, 0.5) is 0 Å². The molecule has 1 aliphatic heterocycles. The monoisotopic (exact) mass is 247 g/mol. The van der Waals surface area contributed by atoms with Crippen molar-refractivity contribution in [1.82, 2.24) is 4.90 Å². The van der Waals surface area contributed by atoms with Crippen LogP contribution in [0.15, 0.2) is 30.3 Å². The maximum atomic E-state index is 11.9. The molecule has 2 rings (SSSR count). The molecule has 1 heterocycles. The fourth-order valence-electron chi connectivity index (χ4n) is 2.59. The molecule has 18 heavy (non-hydrogen) atoms. The second kappa shape index (κ2) is 5.21. The maximum Gasteiger partial charge on any atom is 0.309 e. The molecule has 2 atom stereocenters. The van der Waals surface area contributed by atoms with Gasteiger partial charge >= 0.3 is 5.97 Å². The van der Waals surface area contributed by atoms with Crippen LogP contribution in [0.25, 0.3) is 0 Å². The molecule has 1 aromatic rings. The summed E-state index contributed by atoms with van der Waals surface area (Å²) in [5.74, 6) is -1.49. The molecular formula is C14H17NO3. The predicted octanol–water partition coefficient (Wildman–Crippen LogP) is 1.90. The van der Waals surface area contributed by atoms with E-state index in [1.54, 1.807) is 4.90 Å². The van der Waals surface area contributed by atoms with Crippen LogP contribution < -0.4 is 0 Å². The molecule has 0 saturated carbocycles. The second-order valence-corrected chi connectivity index (χ2v) is 4.63. The molecule has 1 aromatic carbocycles. The van der Waals surface area contributed by atoms with E-state index in [1.165, 1.54) is 0 Å². The van der Waals surface area contributed by atoms with Gasteiger partial charge in [0, 0.05) is 19.0 Å².